The summed E-state index contributed by atoms with van der Waals surface area (Å²) < 4.78 is 5.84. The van der Waals surface area contributed by atoms with E-state index in [-0.39, 0.29) is 12.2 Å². The van der Waals surface area contributed by atoms with Crippen molar-refractivity contribution in [3.05, 3.63) is 29.0 Å². The second-order valence-electron chi connectivity index (χ2n) is 6.08. The predicted molar refractivity (Wildman–Crippen MR) is 79.1 cm³/mol. The maximum absolute atomic E-state index is 9.86. The maximum atomic E-state index is 9.86. The monoisotopic (exact) mass is 312 g/mol. The number of rotatable bonds is 2. The summed E-state index contributed by atoms with van der Waals surface area (Å²) in [6.45, 7) is 2.85. The first-order valence-electron chi connectivity index (χ1n) is 7.39. The van der Waals surface area contributed by atoms with Gasteiger partial charge in [-0.3, -0.25) is 9.88 Å². The van der Waals surface area contributed by atoms with Crippen LogP contribution in [0.3, 0.4) is 0 Å². The van der Waals surface area contributed by atoms with Gasteiger partial charge in [-0.15, -0.1) is 0 Å². The highest BCUT2D eigenvalue weighted by Gasteiger charge is 2.42. The van der Waals surface area contributed by atoms with Crippen LogP contribution in [0.15, 0.2) is 18.5 Å². The van der Waals surface area contributed by atoms with E-state index in [1.54, 1.807) is 12.4 Å². The summed E-state index contributed by atoms with van der Waals surface area (Å²) in [4.78, 5) is 6.34. The lowest BCUT2D eigenvalue weighted by molar-refractivity contribution is -0.188. The van der Waals surface area contributed by atoms with E-state index >= 15 is 0 Å². The van der Waals surface area contributed by atoms with Gasteiger partial charge in [-0.1, -0.05) is 11.6 Å². The number of ether oxygens (including phenoxy) is 1. The summed E-state index contributed by atoms with van der Waals surface area (Å²) in [5.41, 5.74) is 0.819. The summed E-state index contributed by atoms with van der Waals surface area (Å²) in [5, 5.41) is 20.1. The fourth-order valence-electron chi connectivity index (χ4n) is 3.19. The van der Waals surface area contributed by atoms with Crippen molar-refractivity contribution < 1.29 is 14.9 Å². The van der Waals surface area contributed by atoms with Crippen LogP contribution in [0.1, 0.15) is 24.8 Å². The molecule has 0 unspecified atom stereocenters. The number of aromatic nitrogens is 1. The van der Waals surface area contributed by atoms with E-state index in [1.165, 1.54) is 0 Å². The topological polar surface area (TPSA) is 65.8 Å². The molecule has 2 saturated heterocycles. The Kier molecular flexibility index (Phi) is 4.47. The third-order valence-electron chi connectivity index (χ3n) is 4.60. The van der Waals surface area contributed by atoms with E-state index < -0.39 is 12.2 Å². The van der Waals surface area contributed by atoms with Crippen LogP contribution < -0.4 is 0 Å². The molecule has 0 aliphatic carbocycles. The third-order valence-corrected chi connectivity index (χ3v) is 4.94. The Labute approximate surface area is 129 Å². The minimum Gasteiger partial charge on any atom is -0.390 e. The molecular formula is C15H21ClN2O3. The van der Waals surface area contributed by atoms with Gasteiger partial charge in [0.25, 0.3) is 0 Å². The fourth-order valence-corrected chi connectivity index (χ4v) is 3.37. The lowest BCUT2D eigenvalue weighted by Gasteiger charge is -2.46. The van der Waals surface area contributed by atoms with E-state index in [4.69, 9.17) is 16.3 Å². The Hall–Kier alpha value is -0.720. The van der Waals surface area contributed by atoms with Crippen molar-refractivity contribution in [3.63, 3.8) is 0 Å². The highest BCUT2D eigenvalue weighted by Crippen LogP contribution is 2.35. The van der Waals surface area contributed by atoms with Gasteiger partial charge in [-0.05, 0) is 24.5 Å². The van der Waals surface area contributed by atoms with E-state index in [0.717, 1.165) is 38.0 Å². The Morgan fingerprint density at radius 2 is 2.10 bits per heavy atom. The lowest BCUT2D eigenvalue weighted by Crippen LogP contribution is -2.54. The number of hydrogen-bond donors (Lipinski definition) is 2. The quantitative estimate of drug-likeness (QED) is 0.859. The van der Waals surface area contributed by atoms with Crippen LogP contribution in [0.25, 0.3) is 0 Å². The number of halogens is 1. The first-order chi connectivity index (χ1) is 10.1. The van der Waals surface area contributed by atoms with Crippen molar-refractivity contribution in [2.75, 3.05) is 19.7 Å². The minimum atomic E-state index is -0.746. The zero-order chi connectivity index (χ0) is 14.9. The van der Waals surface area contributed by atoms with Crippen LogP contribution in [0, 0.1) is 0 Å². The van der Waals surface area contributed by atoms with Crippen LogP contribution in [-0.4, -0.2) is 57.6 Å². The Morgan fingerprint density at radius 3 is 2.76 bits per heavy atom. The Balaban J connectivity index is 1.57. The highest BCUT2D eigenvalue weighted by atomic mass is 35.5. The molecule has 0 aromatic carbocycles. The van der Waals surface area contributed by atoms with Gasteiger partial charge in [0, 0.05) is 38.4 Å². The molecule has 0 saturated carbocycles. The standard InChI is InChI=1S/C15H21ClN2O3/c16-12-8-17-4-1-11(12)9-18-5-2-15(3-6-18)7-13(19)14(20)10-21-15/h1,4,8,13-14,19-20H,2-3,5-7,9-10H2/t13-,14+/m1/s1. The molecule has 2 aliphatic rings. The van der Waals surface area contributed by atoms with Crippen molar-refractivity contribution in [2.45, 2.75) is 43.6 Å². The molecule has 2 fully saturated rings. The van der Waals surface area contributed by atoms with Crippen LogP contribution in [0.5, 0.6) is 0 Å². The zero-order valence-electron chi connectivity index (χ0n) is 11.9. The molecule has 1 spiro atoms. The SMILES string of the molecule is O[C@@H]1CC2(CCN(Cc3ccncc3Cl)CC2)OC[C@@H]1O. The molecule has 2 N–H and O–H groups in total. The van der Waals surface area contributed by atoms with Crippen molar-refractivity contribution in [3.8, 4) is 0 Å². The molecule has 3 heterocycles. The van der Waals surface area contributed by atoms with Crippen LogP contribution in [0.4, 0.5) is 0 Å². The summed E-state index contributed by atoms with van der Waals surface area (Å²) in [6, 6.07) is 1.95. The number of nitrogens with zero attached hydrogens (tertiary/aromatic N) is 2. The second-order valence-corrected chi connectivity index (χ2v) is 6.48. The molecule has 2 aliphatic heterocycles. The smallest absolute Gasteiger partial charge is 0.103 e. The average Bonchev–Trinajstić information content (AvgIpc) is 2.48. The van der Waals surface area contributed by atoms with Crippen molar-refractivity contribution in [1.29, 1.82) is 0 Å². The van der Waals surface area contributed by atoms with E-state index in [9.17, 15) is 10.2 Å². The van der Waals surface area contributed by atoms with Gasteiger partial charge >= 0.3 is 0 Å². The minimum absolute atomic E-state index is 0.233. The van der Waals surface area contributed by atoms with Crippen LogP contribution in [0.2, 0.25) is 5.02 Å². The third kappa shape index (κ3) is 3.38. The number of aliphatic hydroxyl groups is 2. The molecule has 3 rings (SSSR count). The highest BCUT2D eigenvalue weighted by molar-refractivity contribution is 6.31. The van der Waals surface area contributed by atoms with Gasteiger partial charge in [0.15, 0.2) is 0 Å². The summed E-state index contributed by atoms with van der Waals surface area (Å²) in [7, 11) is 0. The van der Waals surface area contributed by atoms with Gasteiger partial charge in [0.2, 0.25) is 0 Å². The first-order valence-corrected chi connectivity index (χ1v) is 7.77. The van der Waals surface area contributed by atoms with E-state index in [0.29, 0.717) is 11.4 Å². The molecule has 116 valence electrons. The number of aliphatic hydroxyl groups excluding tert-OH is 2. The second kappa shape index (κ2) is 6.18. The molecule has 1 aromatic rings. The van der Waals surface area contributed by atoms with Crippen molar-refractivity contribution in [1.82, 2.24) is 9.88 Å². The number of piperidine rings is 1. The van der Waals surface area contributed by atoms with Gasteiger partial charge in [0.1, 0.15) is 6.10 Å². The zero-order valence-corrected chi connectivity index (χ0v) is 12.7. The molecular weight excluding hydrogens is 292 g/mol. The molecule has 2 atom stereocenters. The van der Waals surface area contributed by atoms with Gasteiger partial charge in [0.05, 0.1) is 23.3 Å². The van der Waals surface area contributed by atoms with Gasteiger partial charge in [-0.25, -0.2) is 0 Å². The normalized spacial score (nSPS) is 29.7. The molecule has 0 amide bonds. The van der Waals surface area contributed by atoms with E-state index in [1.807, 2.05) is 6.07 Å². The lowest BCUT2D eigenvalue weighted by atomic mass is 9.82. The average molecular weight is 313 g/mol. The molecule has 1 aromatic heterocycles. The molecule has 0 radical (unpaired) electrons. The Bertz CT molecular complexity index is 492. The van der Waals surface area contributed by atoms with Crippen molar-refractivity contribution in [2.24, 2.45) is 0 Å². The molecule has 0 bridgehead atoms. The number of pyridine rings is 1. The summed E-state index contributed by atoms with van der Waals surface area (Å²) in [6.07, 6.45) is 4.29. The maximum Gasteiger partial charge on any atom is 0.103 e. The van der Waals surface area contributed by atoms with Gasteiger partial charge < -0.3 is 14.9 Å². The molecule has 21 heavy (non-hydrogen) atoms. The fraction of sp³-hybridized carbons (Fsp3) is 0.667. The number of hydrogen-bond acceptors (Lipinski definition) is 5. The van der Waals surface area contributed by atoms with Crippen molar-refractivity contribution >= 4 is 11.6 Å². The first kappa shape index (κ1) is 15.2. The molecule has 6 heteroatoms. The van der Waals surface area contributed by atoms with Crippen LogP contribution in [-0.2, 0) is 11.3 Å². The predicted octanol–water partition coefficient (Wildman–Crippen LogP) is 1.21. The largest absolute Gasteiger partial charge is 0.390 e. The molecule has 5 nitrogen and oxygen atoms in total. The Morgan fingerprint density at radius 1 is 1.33 bits per heavy atom. The number of likely N-dealkylation sites (tertiary alicyclic amines) is 1. The van der Waals surface area contributed by atoms with E-state index in [2.05, 4.69) is 9.88 Å². The van der Waals surface area contributed by atoms with Gasteiger partial charge in [-0.2, -0.15) is 0 Å². The summed E-state index contributed by atoms with van der Waals surface area (Å²) >= 11 is 6.15. The summed E-state index contributed by atoms with van der Waals surface area (Å²) in [5.74, 6) is 0. The van der Waals surface area contributed by atoms with Crippen LogP contribution >= 0.6 is 11.6 Å².